The molecule has 0 bridgehead atoms. The Morgan fingerprint density at radius 2 is 1.68 bits per heavy atom. The van der Waals surface area contributed by atoms with Crippen LogP contribution >= 0.6 is 0 Å². The maximum atomic E-state index is 8.81. The number of aromatic amines is 2. The Labute approximate surface area is 233 Å². The van der Waals surface area contributed by atoms with E-state index in [-0.39, 0.29) is 0 Å². The minimum absolute atomic E-state index is 0.510. The minimum atomic E-state index is -2.62. The largest absolute Gasteiger partial charge is 0.378 e. The Bertz CT molecular complexity index is 1630. The first-order valence-corrected chi connectivity index (χ1v) is 13.9. The number of ether oxygens (including phenoxy) is 1. The van der Waals surface area contributed by atoms with Gasteiger partial charge in [0.15, 0.2) is 10.9 Å². The summed E-state index contributed by atoms with van der Waals surface area (Å²) >= 11 is 0. The topological polar surface area (TPSA) is 167 Å². The predicted molar refractivity (Wildman–Crippen MR) is 158 cm³/mol. The molecule has 12 nitrogen and oxygen atoms in total. The first-order chi connectivity index (χ1) is 19.4. The van der Waals surface area contributed by atoms with Crippen molar-refractivity contribution in [1.29, 1.82) is 0 Å². The number of para-hydroxylation sites is 1. The number of hydrogen-bond donors (Lipinski definition) is 6. The van der Waals surface area contributed by atoms with Crippen molar-refractivity contribution in [2.45, 2.75) is 13.8 Å². The highest BCUT2D eigenvalue weighted by molar-refractivity contribution is 7.69. The molecular formula is C27H31N9O3S. The van der Waals surface area contributed by atoms with Crippen LogP contribution in [0, 0.1) is 13.8 Å². The van der Waals surface area contributed by atoms with Crippen molar-refractivity contribution >= 4 is 50.8 Å². The second-order valence-corrected chi connectivity index (χ2v) is 9.83. The van der Waals surface area contributed by atoms with E-state index in [2.05, 4.69) is 92.2 Å². The van der Waals surface area contributed by atoms with Gasteiger partial charge in [0.25, 0.3) is 0 Å². The average Bonchev–Trinajstić information content (AvgIpc) is 3.62. The van der Waals surface area contributed by atoms with Crippen molar-refractivity contribution in [3.63, 3.8) is 0 Å². The molecule has 6 rings (SSSR count). The third-order valence-electron chi connectivity index (χ3n) is 6.57. The number of hydrogen-bond acceptors (Lipinski definition) is 9. The SMILES string of the molecule is Cc1cccc(C)c1Nc1nc(Nc2ccc(N3CCOCC3)cc2)nc2[nH]cc(-c3cn[nH]c3)c12.N[SH](=O)=O. The summed E-state index contributed by atoms with van der Waals surface area (Å²) in [6.45, 7) is 7.54. The van der Waals surface area contributed by atoms with Crippen LogP contribution < -0.4 is 20.7 Å². The highest BCUT2D eigenvalue weighted by Crippen LogP contribution is 2.36. The predicted octanol–water partition coefficient (Wildman–Crippen LogP) is 3.76. The van der Waals surface area contributed by atoms with Crippen molar-refractivity contribution in [3.8, 4) is 11.1 Å². The second kappa shape index (κ2) is 12.2. The zero-order valence-electron chi connectivity index (χ0n) is 22.1. The van der Waals surface area contributed by atoms with Crippen molar-refractivity contribution < 1.29 is 13.2 Å². The van der Waals surface area contributed by atoms with Gasteiger partial charge in [-0.25, -0.2) is 13.6 Å². The summed E-state index contributed by atoms with van der Waals surface area (Å²) in [5.41, 5.74) is 8.13. The Kier molecular flexibility index (Phi) is 8.24. The standard InChI is InChI=1S/C27H28N8O.H3NO2S/c1-17-4-3-5-18(2)24(17)32-26-23-22(19-14-29-30-15-19)16-28-25(23)33-27(34-26)31-20-6-8-21(9-7-20)35-10-12-36-13-11-35;1-4(2)3/h3-9,14-16H,10-13H2,1-2H3,(H,29,30)(H3,28,31,32,33,34);4H,(H2,1,2,3). The molecule has 0 radical (unpaired) electrons. The molecule has 0 aliphatic carbocycles. The Morgan fingerprint density at radius 3 is 2.33 bits per heavy atom. The van der Waals surface area contributed by atoms with Crippen LogP contribution in [0.3, 0.4) is 0 Å². The average molecular weight is 562 g/mol. The van der Waals surface area contributed by atoms with E-state index in [9.17, 15) is 0 Å². The number of fused-ring (bicyclic) bond motifs is 1. The van der Waals surface area contributed by atoms with Crippen LogP contribution in [0.2, 0.25) is 0 Å². The zero-order chi connectivity index (χ0) is 28.1. The van der Waals surface area contributed by atoms with Crippen molar-refractivity contribution in [2.24, 2.45) is 5.14 Å². The second-order valence-electron chi connectivity index (χ2n) is 9.26. The number of nitrogens with zero attached hydrogens (tertiary/aromatic N) is 4. The first-order valence-electron chi connectivity index (χ1n) is 12.7. The van der Waals surface area contributed by atoms with E-state index in [1.807, 2.05) is 12.4 Å². The normalized spacial score (nSPS) is 13.2. The van der Waals surface area contributed by atoms with E-state index in [1.165, 1.54) is 5.69 Å². The summed E-state index contributed by atoms with van der Waals surface area (Å²) in [6, 6.07) is 14.6. The van der Waals surface area contributed by atoms with Crippen LogP contribution in [0.25, 0.3) is 22.2 Å². The van der Waals surface area contributed by atoms with Gasteiger partial charge in [-0.1, -0.05) is 18.2 Å². The lowest BCUT2D eigenvalue weighted by molar-refractivity contribution is 0.122. The first kappa shape index (κ1) is 27.1. The molecule has 0 atom stereocenters. The smallest absolute Gasteiger partial charge is 0.231 e. The molecule has 40 heavy (non-hydrogen) atoms. The lowest BCUT2D eigenvalue weighted by Gasteiger charge is -2.28. The van der Waals surface area contributed by atoms with Crippen LogP contribution in [0.4, 0.5) is 28.8 Å². The van der Waals surface area contributed by atoms with Crippen molar-refractivity contribution in [1.82, 2.24) is 25.1 Å². The van der Waals surface area contributed by atoms with Crippen molar-refractivity contribution in [3.05, 3.63) is 72.2 Å². The molecule has 1 saturated heterocycles. The molecule has 0 unspecified atom stereocenters. The van der Waals surface area contributed by atoms with Crippen LogP contribution in [-0.2, 0) is 15.6 Å². The third-order valence-corrected chi connectivity index (χ3v) is 6.57. The third kappa shape index (κ3) is 6.22. The molecule has 1 aliphatic rings. The van der Waals surface area contributed by atoms with Gasteiger partial charge < -0.3 is 25.3 Å². The molecule has 208 valence electrons. The summed E-state index contributed by atoms with van der Waals surface area (Å²) in [5.74, 6) is 1.23. The van der Waals surface area contributed by atoms with E-state index >= 15 is 0 Å². The fourth-order valence-electron chi connectivity index (χ4n) is 4.64. The summed E-state index contributed by atoms with van der Waals surface area (Å²) in [5, 5.41) is 19.0. The lowest BCUT2D eigenvalue weighted by atomic mass is 10.1. The summed E-state index contributed by atoms with van der Waals surface area (Å²) in [4.78, 5) is 15.4. The number of anilines is 5. The monoisotopic (exact) mass is 561 g/mol. The number of H-pyrrole nitrogens is 2. The van der Waals surface area contributed by atoms with Crippen LogP contribution in [0.15, 0.2) is 61.1 Å². The highest BCUT2D eigenvalue weighted by atomic mass is 32.2. The molecule has 0 spiro atoms. The van der Waals surface area contributed by atoms with Gasteiger partial charge in [-0.3, -0.25) is 5.10 Å². The van der Waals surface area contributed by atoms with Gasteiger partial charge in [-0.2, -0.15) is 15.1 Å². The molecule has 4 heterocycles. The molecule has 2 aromatic carbocycles. The van der Waals surface area contributed by atoms with E-state index in [0.717, 1.165) is 76.8 Å². The zero-order valence-corrected chi connectivity index (χ0v) is 23.0. The molecule has 0 saturated carbocycles. The maximum absolute atomic E-state index is 8.81. The molecule has 0 amide bonds. The Hall–Kier alpha value is -4.46. The number of nitrogens with two attached hydrogens (primary N) is 1. The highest BCUT2D eigenvalue weighted by Gasteiger charge is 2.18. The fourth-order valence-corrected chi connectivity index (χ4v) is 4.64. The number of thiol groups is 1. The van der Waals surface area contributed by atoms with Gasteiger partial charge in [0.2, 0.25) is 5.95 Å². The summed E-state index contributed by atoms with van der Waals surface area (Å²) < 4.78 is 23.1. The number of nitrogens with one attached hydrogen (secondary N) is 4. The van der Waals surface area contributed by atoms with Gasteiger partial charge in [0.1, 0.15) is 11.5 Å². The summed E-state index contributed by atoms with van der Waals surface area (Å²) in [6.07, 6.45) is 5.61. The maximum Gasteiger partial charge on any atom is 0.231 e. The van der Waals surface area contributed by atoms with Gasteiger partial charge in [0.05, 0.1) is 24.8 Å². The molecule has 1 fully saturated rings. The number of benzene rings is 2. The van der Waals surface area contributed by atoms with Gasteiger partial charge in [-0.05, 0) is 49.2 Å². The van der Waals surface area contributed by atoms with Crippen LogP contribution in [0.1, 0.15) is 11.1 Å². The quantitative estimate of drug-likeness (QED) is 0.169. The summed E-state index contributed by atoms with van der Waals surface area (Å²) in [7, 11) is -2.62. The Balaban J connectivity index is 0.000000758. The Morgan fingerprint density at radius 1 is 0.975 bits per heavy atom. The van der Waals surface area contributed by atoms with Crippen LogP contribution in [0.5, 0.6) is 0 Å². The van der Waals surface area contributed by atoms with E-state index in [4.69, 9.17) is 23.1 Å². The van der Waals surface area contributed by atoms with Gasteiger partial charge in [0, 0.05) is 53.7 Å². The van der Waals surface area contributed by atoms with E-state index in [0.29, 0.717) is 5.95 Å². The van der Waals surface area contributed by atoms with Gasteiger partial charge >= 0.3 is 0 Å². The minimum Gasteiger partial charge on any atom is -0.378 e. The van der Waals surface area contributed by atoms with Gasteiger partial charge in [-0.15, -0.1) is 0 Å². The number of aromatic nitrogens is 5. The number of aryl methyl sites for hydroxylation is 2. The van der Waals surface area contributed by atoms with E-state index in [1.54, 1.807) is 6.20 Å². The molecular weight excluding hydrogens is 530 g/mol. The lowest BCUT2D eigenvalue weighted by Crippen LogP contribution is -2.36. The molecule has 3 aromatic heterocycles. The number of morpholine rings is 1. The molecule has 6 N–H and O–H groups in total. The number of rotatable bonds is 6. The molecule has 1 aliphatic heterocycles. The molecule has 5 aromatic rings. The molecule has 13 heteroatoms. The fraction of sp³-hybridized carbons (Fsp3) is 0.222. The van der Waals surface area contributed by atoms with Crippen LogP contribution in [-0.4, -0.2) is 59.9 Å². The van der Waals surface area contributed by atoms with E-state index < -0.39 is 10.9 Å². The van der Waals surface area contributed by atoms with Crippen molar-refractivity contribution in [2.75, 3.05) is 41.8 Å².